The highest BCUT2D eigenvalue weighted by Gasteiger charge is 2.33. The minimum absolute atomic E-state index is 0.00293. The van der Waals surface area contributed by atoms with E-state index in [-0.39, 0.29) is 31.3 Å². The van der Waals surface area contributed by atoms with Gasteiger partial charge in [0.2, 0.25) is 11.7 Å². The number of alkyl halides is 3. The largest absolute Gasteiger partial charge is 0.416 e. The van der Waals surface area contributed by atoms with E-state index in [0.29, 0.717) is 38.0 Å². The van der Waals surface area contributed by atoms with Gasteiger partial charge in [-0.25, -0.2) is 9.97 Å². The van der Waals surface area contributed by atoms with Gasteiger partial charge in [-0.2, -0.15) is 17.6 Å². The summed E-state index contributed by atoms with van der Waals surface area (Å²) in [5, 5.41) is 13.7. The Bertz CT molecular complexity index is 978. The van der Waals surface area contributed by atoms with Crippen LogP contribution in [-0.2, 0) is 17.5 Å². The number of primary amides is 1. The molecule has 1 saturated heterocycles. The summed E-state index contributed by atoms with van der Waals surface area (Å²) in [5.74, 6) is -1.23. The van der Waals surface area contributed by atoms with Crippen molar-refractivity contribution in [3.63, 3.8) is 0 Å². The molecule has 4 N–H and O–H groups in total. The number of nitrogens with zero attached hydrogens (tertiary/aromatic N) is 4. The quantitative estimate of drug-likeness (QED) is 0.469. The number of aliphatic hydroxyl groups is 1. The number of halogens is 4. The Morgan fingerprint density at radius 1 is 1.24 bits per heavy atom. The Morgan fingerprint density at radius 2 is 1.88 bits per heavy atom. The highest BCUT2D eigenvalue weighted by molar-refractivity contribution is 5.75. The van der Waals surface area contributed by atoms with Crippen LogP contribution in [0.15, 0.2) is 30.6 Å². The molecule has 1 aliphatic rings. The lowest BCUT2D eigenvalue weighted by Gasteiger charge is -2.37. The standard InChI is InChI=1S/C22H28F4N6O2/c1-2-32(11-15-3-5-16(6-4-15)22(24,25)26)20-18(23)19(29-14-30-20)28-13-21(34)7-9-31(10-8-21)12-17(27)33/h3-6,14,34H,2,7-13H2,1H3,(H2,27,33)(H,28,29,30). The Kier molecular flexibility index (Phi) is 7.93. The van der Waals surface area contributed by atoms with Crippen molar-refractivity contribution in [3.8, 4) is 0 Å². The van der Waals surface area contributed by atoms with E-state index in [2.05, 4.69) is 15.3 Å². The number of likely N-dealkylation sites (tertiary alicyclic amines) is 1. The summed E-state index contributed by atoms with van der Waals surface area (Å²) in [4.78, 5) is 22.5. The van der Waals surface area contributed by atoms with Crippen molar-refractivity contribution in [2.75, 3.05) is 42.9 Å². The fourth-order valence-electron chi connectivity index (χ4n) is 3.83. The van der Waals surface area contributed by atoms with Crippen LogP contribution in [0.4, 0.5) is 29.2 Å². The van der Waals surface area contributed by atoms with Crippen molar-refractivity contribution < 1.29 is 27.5 Å². The highest BCUT2D eigenvalue weighted by atomic mass is 19.4. The minimum atomic E-state index is -4.43. The molecule has 3 rings (SSSR count). The minimum Gasteiger partial charge on any atom is -0.388 e. The van der Waals surface area contributed by atoms with Crippen molar-refractivity contribution >= 4 is 17.5 Å². The number of piperidine rings is 1. The summed E-state index contributed by atoms with van der Waals surface area (Å²) in [7, 11) is 0. The van der Waals surface area contributed by atoms with E-state index in [1.54, 1.807) is 11.8 Å². The smallest absolute Gasteiger partial charge is 0.388 e. The Morgan fingerprint density at radius 3 is 2.44 bits per heavy atom. The van der Waals surface area contributed by atoms with Crippen LogP contribution in [0.25, 0.3) is 0 Å². The second-order valence-corrected chi connectivity index (χ2v) is 8.39. The molecule has 2 heterocycles. The zero-order valence-corrected chi connectivity index (χ0v) is 18.8. The van der Waals surface area contributed by atoms with Gasteiger partial charge in [0, 0.05) is 32.7 Å². The van der Waals surface area contributed by atoms with Crippen LogP contribution in [-0.4, -0.2) is 64.2 Å². The Labute approximate surface area is 194 Å². The predicted octanol–water partition coefficient (Wildman–Crippen LogP) is 2.39. The number of nitrogens with one attached hydrogen (secondary N) is 1. The molecule has 0 saturated carbocycles. The molecule has 1 amide bonds. The molecule has 0 atom stereocenters. The Balaban J connectivity index is 1.65. The van der Waals surface area contributed by atoms with E-state index >= 15 is 4.39 Å². The number of aromatic nitrogens is 2. The molecule has 0 bridgehead atoms. The number of benzene rings is 1. The molecule has 186 valence electrons. The average Bonchev–Trinajstić information content (AvgIpc) is 2.78. The molecular weight excluding hydrogens is 456 g/mol. The number of carbonyl (C=O) groups is 1. The summed E-state index contributed by atoms with van der Waals surface area (Å²) >= 11 is 0. The van der Waals surface area contributed by atoms with Crippen molar-refractivity contribution in [2.24, 2.45) is 5.73 Å². The van der Waals surface area contributed by atoms with E-state index in [0.717, 1.165) is 12.1 Å². The first-order chi connectivity index (χ1) is 16.0. The second kappa shape index (κ2) is 10.5. The lowest BCUT2D eigenvalue weighted by molar-refractivity contribution is -0.137. The van der Waals surface area contributed by atoms with Crippen molar-refractivity contribution in [2.45, 2.75) is 38.1 Å². The molecule has 1 fully saturated rings. The van der Waals surface area contributed by atoms with Gasteiger partial charge in [-0.3, -0.25) is 9.69 Å². The van der Waals surface area contributed by atoms with Gasteiger partial charge in [0.15, 0.2) is 11.6 Å². The van der Waals surface area contributed by atoms with E-state index in [1.807, 2.05) is 4.90 Å². The Hall–Kier alpha value is -2.99. The van der Waals surface area contributed by atoms with E-state index in [9.17, 15) is 23.1 Å². The number of hydrogen-bond acceptors (Lipinski definition) is 7. The molecule has 2 aromatic rings. The number of nitrogens with two attached hydrogens (primary N) is 1. The van der Waals surface area contributed by atoms with E-state index in [1.165, 1.54) is 18.5 Å². The maximum Gasteiger partial charge on any atom is 0.416 e. The topological polar surface area (TPSA) is 108 Å². The number of carbonyl (C=O) groups excluding carboxylic acids is 1. The fourth-order valence-corrected chi connectivity index (χ4v) is 3.83. The lowest BCUT2D eigenvalue weighted by atomic mass is 9.91. The maximum absolute atomic E-state index is 15.2. The first-order valence-electron chi connectivity index (χ1n) is 10.9. The molecule has 1 aromatic carbocycles. The van der Waals surface area contributed by atoms with Gasteiger partial charge in [0.25, 0.3) is 0 Å². The van der Waals surface area contributed by atoms with Gasteiger partial charge < -0.3 is 21.1 Å². The number of hydrogen-bond donors (Lipinski definition) is 3. The predicted molar refractivity (Wildman–Crippen MR) is 118 cm³/mol. The molecular formula is C22H28F4N6O2. The van der Waals surface area contributed by atoms with Crippen LogP contribution in [0, 0.1) is 5.82 Å². The summed E-state index contributed by atoms with van der Waals surface area (Å²) in [5.41, 5.74) is 3.92. The van der Waals surface area contributed by atoms with Gasteiger partial charge >= 0.3 is 6.18 Å². The lowest BCUT2D eigenvalue weighted by Crippen LogP contribution is -2.50. The highest BCUT2D eigenvalue weighted by Crippen LogP contribution is 2.30. The van der Waals surface area contributed by atoms with Crippen LogP contribution in [0.5, 0.6) is 0 Å². The monoisotopic (exact) mass is 484 g/mol. The molecule has 12 heteroatoms. The molecule has 0 spiro atoms. The van der Waals surface area contributed by atoms with Gasteiger partial charge in [0.05, 0.1) is 17.7 Å². The van der Waals surface area contributed by atoms with Crippen LogP contribution in [0.2, 0.25) is 0 Å². The van der Waals surface area contributed by atoms with Crippen molar-refractivity contribution in [1.29, 1.82) is 0 Å². The first-order valence-corrected chi connectivity index (χ1v) is 10.9. The summed E-state index contributed by atoms with van der Waals surface area (Å²) < 4.78 is 53.6. The van der Waals surface area contributed by atoms with Crippen LogP contribution >= 0.6 is 0 Å². The van der Waals surface area contributed by atoms with Crippen LogP contribution in [0.1, 0.15) is 30.9 Å². The number of anilines is 2. The van der Waals surface area contributed by atoms with Crippen molar-refractivity contribution in [3.05, 3.63) is 47.5 Å². The van der Waals surface area contributed by atoms with E-state index < -0.39 is 29.1 Å². The molecule has 0 radical (unpaired) electrons. The molecule has 34 heavy (non-hydrogen) atoms. The van der Waals surface area contributed by atoms with Gasteiger partial charge in [-0.1, -0.05) is 12.1 Å². The average molecular weight is 484 g/mol. The zero-order valence-electron chi connectivity index (χ0n) is 18.8. The third kappa shape index (κ3) is 6.54. The van der Waals surface area contributed by atoms with Crippen LogP contribution in [0.3, 0.4) is 0 Å². The van der Waals surface area contributed by atoms with Gasteiger partial charge in [-0.05, 0) is 37.5 Å². The number of rotatable bonds is 9. The van der Waals surface area contributed by atoms with E-state index in [4.69, 9.17) is 5.73 Å². The second-order valence-electron chi connectivity index (χ2n) is 8.39. The third-order valence-corrected chi connectivity index (χ3v) is 5.86. The van der Waals surface area contributed by atoms with Crippen LogP contribution < -0.4 is 16.0 Å². The summed E-state index contributed by atoms with van der Waals surface area (Å²) in [6.07, 6.45) is -2.48. The first kappa shape index (κ1) is 25.6. The van der Waals surface area contributed by atoms with Gasteiger partial charge in [-0.15, -0.1) is 0 Å². The maximum atomic E-state index is 15.2. The molecule has 1 aliphatic heterocycles. The normalized spacial score (nSPS) is 16.3. The SMILES string of the molecule is CCN(Cc1ccc(C(F)(F)F)cc1)c1ncnc(NCC2(O)CCN(CC(N)=O)CC2)c1F. The van der Waals surface area contributed by atoms with Crippen molar-refractivity contribution in [1.82, 2.24) is 14.9 Å². The van der Waals surface area contributed by atoms with Gasteiger partial charge in [0.1, 0.15) is 6.33 Å². The molecule has 0 unspecified atom stereocenters. The summed E-state index contributed by atoms with van der Waals surface area (Å²) in [6.45, 7) is 3.43. The zero-order chi connectivity index (χ0) is 24.9. The summed E-state index contributed by atoms with van der Waals surface area (Å²) in [6, 6.07) is 4.68. The molecule has 8 nitrogen and oxygen atoms in total. The fraction of sp³-hybridized carbons (Fsp3) is 0.500. The third-order valence-electron chi connectivity index (χ3n) is 5.86. The molecule has 1 aromatic heterocycles. The number of amides is 1. The molecule has 0 aliphatic carbocycles.